The minimum atomic E-state index is -4.98. The molecule has 196 valence electrons. The lowest BCUT2D eigenvalue weighted by Gasteiger charge is -2.14. The Balaban J connectivity index is 2.98. The highest BCUT2D eigenvalue weighted by molar-refractivity contribution is 7.86. The fraction of sp³-hybridized carbons (Fsp3) is 0.130. The zero-order valence-electron chi connectivity index (χ0n) is 20.1. The van der Waals surface area contributed by atoms with Gasteiger partial charge in [-0.2, -0.15) is 27.1 Å². The number of phenolic OH excluding ortho intramolecular Hbond substituents is 1. The maximum Gasteiger partial charge on any atom is 0.296 e. The summed E-state index contributed by atoms with van der Waals surface area (Å²) in [5.41, 5.74) is 5.16. The van der Waals surface area contributed by atoms with Gasteiger partial charge in [0.2, 0.25) is 0 Å². The minimum absolute atomic E-state index is 0.254. The van der Waals surface area contributed by atoms with Crippen molar-refractivity contribution < 1.29 is 31.0 Å². The Kier molecular flexibility index (Phi) is 9.36. The number of azo groups is 2. The van der Waals surface area contributed by atoms with Crippen molar-refractivity contribution in [3.63, 3.8) is 0 Å². The molecule has 0 unspecified atom stereocenters. The monoisotopic (exact) mass is 547 g/mol. The van der Waals surface area contributed by atoms with Gasteiger partial charge in [0.25, 0.3) is 20.2 Å². The van der Waals surface area contributed by atoms with Crippen molar-refractivity contribution in [2.45, 2.75) is 30.6 Å². The van der Waals surface area contributed by atoms with E-state index in [2.05, 4.69) is 27.0 Å². The number of benzene rings is 2. The van der Waals surface area contributed by atoms with Gasteiger partial charge in [-0.1, -0.05) is 37.0 Å². The lowest BCUT2D eigenvalue weighted by atomic mass is 10.1. The van der Waals surface area contributed by atoms with Crippen molar-refractivity contribution in [2.24, 2.45) is 20.5 Å². The minimum Gasteiger partial charge on any atom is -0.505 e. The van der Waals surface area contributed by atoms with E-state index in [0.717, 1.165) is 12.1 Å². The van der Waals surface area contributed by atoms with E-state index in [1.54, 1.807) is 51.2 Å². The third-order valence-corrected chi connectivity index (χ3v) is 6.33. The van der Waals surface area contributed by atoms with E-state index >= 15 is 0 Å². The molecule has 14 heteroatoms. The molecule has 0 spiro atoms. The molecule has 0 amide bonds. The standard InChI is InChI=1S/C23H25N5O7S2/c1-5-7-9-11-15(4)25-27-21-17(36(30,31)32)12-16-13-18(37(33,34)35)22(23(29)19(16)20(21)24)28-26-14(3)10-8-6-2/h5-13,29H,1,24H2,2-4H3,(H,30,31,32)(H,33,34,35)/b8-6-,9-7-,14-10+,15-11+,27-25?,28-26?. The van der Waals surface area contributed by atoms with Crippen LogP contribution in [0.3, 0.4) is 0 Å². The molecule has 0 aliphatic carbocycles. The van der Waals surface area contributed by atoms with Crippen LogP contribution >= 0.6 is 0 Å². The van der Waals surface area contributed by atoms with Crippen LogP contribution in [0.2, 0.25) is 0 Å². The normalized spacial score (nSPS) is 14.2. The molecular weight excluding hydrogens is 522 g/mol. The summed E-state index contributed by atoms with van der Waals surface area (Å²) in [4.78, 5) is -1.68. The summed E-state index contributed by atoms with van der Waals surface area (Å²) in [6.45, 7) is 8.40. The molecule has 0 saturated carbocycles. The van der Waals surface area contributed by atoms with Crippen LogP contribution in [0.15, 0.2) is 103 Å². The lowest BCUT2D eigenvalue weighted by molar-refractivity contribution is 0.472. The van der Waals surface area contributed by atoms with Crippen molar-refractivity contribution in [1.29, 1.82) is 0 Å². The van der Waals surface area contributed by atoms with Crippen LogP contribution in [0, 0.1) is 0 Å². The van der Waals surface area contributed by atoms with Crippen LogP contribution in [0.5, 0.6) is 5.75 Å². The average Bonchev–Trinajstić information content (AvgIpc) is 2.79. The average molecular weight is 548 g/mol. The predicted octanol–water partition coefficient (Wildman–Crippen LogP) is 5.91. The molecule has 2 rings (SSSR count). The highest BCUT2D eigenvalue weighted by Gasteiger charge is 2.27. The van der Waals surface area contributed by atoms with Gasteiger partial charge in [0, 0.05) is 0 Å². The topological polar surface area (TPSA) is 204 Å². The Bertz CT molecular complexity index is 1630. The Morgan fingerprint density at radius 2 is 1.38 bits per heavy atom. The fourth-order valence-corrected chi connectivity index (χ4v) is 4.27. The SMILES string of the molecule is C=C/C=C\C=C(/C)N=Nc1c(S(=O)(=O)O)cc2cc(S(=O)(=O)O)c(N=N/C(C)=C/C=C\C)c(O)c2c1N. The molecule has 0 aliphatic heterocycles. The molecule has 5 N–H and O–H groups in total. The number of anilines is 1. The first-order valence-electron chi connectivity index (χ1n) is 10.4. The van der Waals surface area contributed by atoms with Crippen molar-refractivity contribution in [3.8, 4) is 5.75 Å². The van der Waals surface area contributed by atoms with Gasteiger partial charge in [0.05, 0.1) is 22.5 Å². The summed E-state index contributed by atoms with van der Waals surface area (Å²) in [7, 11) is -9.93. The molecular formula is C23H25N5O7S2. The van der Waals surface area contributed by atoms with E-state index < -0.39 is 52.8 Å². The fourth-order valence-electron chi connectivity index (χ4n) is 2.94. The van der Waals surface area contributed by atoms with Gasteiger partial charge in [0.1, 0.15) is 21.2 Å². The van der Waals surface area contributed by atoms with Gasteiger partial charge >= 0.3 is 0 Å². The Hall–Kier alpha value is -3.98. The molecule has 0 bridgehead atoms. The van der Waals surface area contributed by atoms with Crippen LogP contribution in [0.25, 0.3) is 10.8 Å². The number of fused-ring (bicyclic) bond motifs is 1. The van der Waals surface area contributed by atoms with Gasteiger partial charge in [-0.25, -0.2) is 0 Å². The Labute approximate surface area is 214 Å². The second kappa shape index (κ2) is 11.8. The number of nitrogens with zero attached hydrogens (tertiary/aromatic N) is 4. The molecule has 12 nitrogen and oxygen atoms in total. The Morgan fingerprint density at radius 3 is 1.86 bits per heavy atom. The zero-order valence-corrected chi connectivity index (χ0v) is 21.7. The molecule has 0 saturated heterocycles. The van der Waals surface area contributed by atoms with Crippen molar-refractivity contribution in [2.75, 3.05) is 5.73 Å². The highest BCUT2D eigenvalue weighted by Crippen LogP contribution is 2.48. The van der Waals surface area contributed by atoms with Gasteiger partial charge in [-0.15, -0.1) is 10.2 Å². The molecule has 37 heavy (non-hydrogen) atoms. The summed E-state index contributed by atoms with van der Waals surface area (Å²) >= 11 is 0. The quantitative estimate of drug-likeness (QED) is 0.128. The number of phenols is 1. The lowest BCUT2D eigenvalue weighted by Crippen LogP contribution is -2.03. The van der Waals surface area contributed by atoms with Crippen LogP contribution < -0.4 is 5.73 Å². The maximum absolute atomic E-state index is 12.1. The van der Waals surface area contributed by atoms with Gasteiger partial charge < -0.3 is 10.8 Å². The maximum atomic E-state index is 12.1. The van der Waals surface area contributed by atoms with Crippen LogP contribution in [-0.2, 0) is 20.2 Å². The number of aromatic hydroxyl groups is 1. The van der Waals surface area contributed by atoms with E-state index in [9.17, 15) is 31.0 Å². The zero-order chi connectivity index (χ0) is 28.0. The first-order valence-corrected chi connectivity index (χ1v) is 13.3. The molecule has 0 heterocycles. The molecule has 0 atom stereocenters. The van der Waals surface area contributed by atoms with E-state index in [1.165, 1.54) is 12.2 Å². The van der Waals surface area contributed by atoms with Crippen molar-refractivity contribution in [1.82, 2.24) is 0 Å². The first-order chi connectivity index (χ1) is 17.2. The smallest absolute Gasteiger partial charge is 0.296 e. The second-order valence-corrected chi connectivity index (χ2v) is 10.2. The highest BCUT2D eigenvalue weighted by atomic mass is 32.2. The summed E-state index contributed by atoms with van der Waals surface area (Å²) in [5, 5.41) is 25.7. The predicted molar refractivity (Wildman–Crippen MR) is 140 cm³/mol. The van der Waals surface area contributed by atoms with Gasteiger partial charge in [-0.3, -0.25) is 9.11 Å². The molecule has 0 aromatic heterocycles. The van der Waals surface area contributed by atoms with Crippen molar-refractivity contribution >= 4 is 48.1 Å². The number of allylic oxidation sites excluding steroid dienone is 9. The summed E-state index contributed by atoms with van der Waals surface area (Å²) in [6, 6.07) is 1.67. The van der Waals surface area contributed by atoms with Crippen LogP contribution in [-0.4, -0.2) is 31.0 Å². The van der Waals surface area contributed by atoms with Crippen LogP contribution in [0.4, 0.5) is 17.1 Å². The third-order valence-electron chi connectivity index (χ3n) is 4.60. The second-order valence-electron chi connectivity index (χ2n) is 7.42. The summed E-state index contributed by atoms with van der Waals surface area (Å²) in [5.74, 6) is -0.829. The molecule has 2 aromatic rings. The summed E-state index contributed by atoms with van der Waals surface area (Å²) < 4.78 is 67.8. The van der Waals surface area contributed by atoms with E-state index in [-0.39, 0.29) is 10.8 Å². The van der Waals surface area contributed by atoms with Gasteiger partial charge in [0.15, 0.2) is 5.75 Å². The number of hydrogen-bond donors (Lipinski definition) is 4. The number of nitrogen functional groups attached to an aromatic ring is 1. The molecule has 2 aromatic carbocycles. The molecule has 0 fully saturated rings. The van der Waals surface area contributed by atoms with E-state index in [1.807, 2.05) is 0 Å². The summed E-state index contributed by atoms with van der Waals surface area (Å²) in [6.07, 6.45) is 11.2. The van der Waals surface area contributed by atoms with E-state index in [4.69, 9.17) is 5.73 Å². The van der Waals surface area contributed by atoms with Gasteiger partial charge in [-0.05, 0) is 50.4 Å². The Morgan fingerprint density at radius 1 is 0.892 bits per heavy atom. The third kappa shape index (κ3) is 7.27. The van der Waals surface area contributed by atoms with E-state index in [0.29, 0.717) is 11.4 Å². The largest absolute Gasteiger partial charge is 0.505 e. The number of hydrogen-bond acceptors (Lipinski definition) is 10. The number of rotatable bonds is 9. The molecule has 0 aliphatic rings. The van der Waals surface area contributed by atoms with Crippen molar-refractivity contribution in [3.05, 3.63) is 72.6 Å². The first kappa shape index (κ1) is 29.3. The molecule has 0 radical (unpaired) electrons. The number of nitrogens with two attached hydrogens (primary N) is 1. The van der Waals surface area contributed by atoms with Crippen LogP contribution in [0.1, 0.15) is 20.8 Å².